The summed E-state index contributed by atoms with van der Waals surface area (Å²) in [5.41, 5.74) is 1.01. The fraction of sp³-hybridized carbons (Fsp3) is 0.464. The quantitative estimate of drug-likeness (QED) is 0.102. The summed E-state index contributed by atoms with van der Waals surface area (Å²) in [5.74, 6) is -0.991. The van der Waals surface area contributed by atoms with Gasteiger partial charge in [0.25, 0.3) is 5.78 Å². The number of nitrogens with one attached hydrogen (secondary N) is 1. The molecule has 0 aliphatic heterocycles. The Morgan fingerprint density at radius 3 is 1.54 bits per heavy atom. The minimum Gasteiger partial charge on any atom is -0.491 e. The van der Waals surface area contributed by atoms with Gasteiger partial charge in [0.05, 0.1) is 66.1 Å². The maximum Gasteiger partial charge on any atom is 0.379 e. The number of ketones is 1. The van der Waals surface area contributed by atoms with Crippen LogP contribution in [-0.2, 0) is 38.0 Å². The molecule has 2 rings (SSSR count). The molecule has 0 heterocycles. The first-order chi connectivity index (χ1) is 19.1. The molecule has 214 valence electrons. The number of benzene rings is 2. The van der Waals surface area contributed by atoms with Gasteiger partial charge in [-0.15, -0.1) is 0 Å². The fourth-order valence-electron chi connectivity index (χ4n) is 3.00. The van der Waals surface area contributed by atoms with Crippen LogP contribution in [0.3, 0.4) is 0 Å². The van der Waals surface area contributed by atoms with E-state index in [9.17, 15) is 14.4 Å². The van der Waals surface area contributed by atoms with Gasteiger partial charge in [-0.2, -0.15) is 0 Å². The average molecular weight is 548 g/mol. The number of Topliss-reactive ketones (excluding diaryl/α,β-unsaturated/α-hetero) is 1. The predicted octanol–water partition coefficient (Wildman–Crippen LogP) is 2.53. The molecule has 0 saturated carbocycles. The first-order valence-electron chi connectivity index (χ1n) is 12.7. The first-order valence-corrected chi connectivity index (χ1v) is 12.7. The van der Waals surface area contributed by atoms with Gasteiger partial charge in [0.1, 0.15) is 19.0 Å². The second-order valence-electron chi connectivity index (χ2n) is 7.95. The number of hydrogen-bond acceptors (Lipinski definition) is 10. The van der Waals surface area contributed by atoms with Crippen LogP contribution in [0, 0.1) is 0 Å². The monoisotopic (exact) mass is 547 g/mol. The van der Waals surface area contributed by atoms with Gasteiger partial charge in [0.15, 0.2) is 0 Å². The van der Waals surface area contributed by atoms with Crippen molar-refractivity contribution in [1.82, 2.24) is 0 Å². The molecule has 11 nitrogen and oxygen atoms in total. The number of ether oxygens (including phenoxy) is 7. The second kappa shape index (κ2) is 20.6. The number of carbonyl (C=O) groups is 3. The summed E-state index contributed by atoms with van der Waals surface area (Å²) in [6.45, 7) is 5.86. The molecule has 2 aromatic rings. The van der Waals surface area contributed by atoms with Crippen LogP contribution in [0.5, 0.6) is 5.75 Å². The van der Waals surface area contributed by atoms with E-state index in [4.69, 9.17) is 33.2 Å². The zero-order valence-electron chi connectivity index (χ0n) is 22.3. The van der Waals surface area contributed by atoms with Crippen molar-refractivity contribution in [3.8, 4) is 5.75 Å². The molecule has 0 atom stereocenters. The summed E-state index contributed by atoms with van der Waals surface area (Å²) in [5, 5.41) is 2.70. The Labute approximate surface area is 228 Å². The van der Waals surface area contributed by atoms with Gasteiger partial charge in [0.2, 0.25) is 5.91 Å². The Bertz CT molecular complexity index is 953. The van der Waals surface area contributed by atoms with Crippen LogP contribution in [0.25, 0.3) is 0 Å². The predicted molar refractivity (Wildman–Crippen MR) is 142 cm³/mol. The maximum atomic E-state index is 11.9. The third-order valence-corrected chi connectivity index (χ3v) is 4.84. The van der Waals surface area contributed by atoms with Crippen LogP contribution < -0.4 is 10.1 Å². The van der Waals surface area contributed by atoms with Crippen molar-refractivity contribution in [3.63, 3.8) is 0 Å². The minimum atomic E-state index is -0.899. The number of amides is 1. The van der Waals surface area contributed by atoms with Gasteiger partial charge < -0.3 is 38.5 Å². The molecule has 0 spiro atoms. The summed E-state index contributed by atoms with van der Waals surface area (Å²) in [6.07, 6.45) is 0. The molecule has 0 aliphatic rings. The van der Waals surface area contributed by atoms with Crippen LogP contribution >= 0.6 is 0 Å². The van der Waals surface area contributed by atoms with Gasteiger partial charge in [-0.3, -0.25) is 9.59 Å². The van der Waals surface area contributed by atoms with Crippen molar-refractivity contribution in [1.29, 1.82) is 0 Å². The van der Waals surface area contributed by atoms with Crippen LogP contribution in [0.15, 0.2) is 54.6 Å². The lowest BCUT2D eigenvalue weighted by atomic mass is 10.1. The zero-order valence-corrected chi connectivity index (χ0v) is 22.3. The zero-order chi connectivity index (χ0) is 28.0. The van der Waals surface area contributed by atoms with Gasteiger partial charge in [-0.1, -0.05) is 30.3 Å². The van der Waals surface area contributed by atoms with Crippen LogP contribution in [-0.4, -0.2) is 96.9 Å². The largest absolute Gasteiger partial charge is 0.491 e. The number of esters is 1. The molecule has 0 saturated heterocycles. The molecule has 0 unspecified atom stereocenters. The number of rotatable bonds is 22. The first kappa shape index (κ1) is 31.9. The van der Waals surface area contributed by atoms with E-state index >= 15 is 0 Å². The van der Waals surface area contributed by atoms with E-state index in [1.165, 1.54) is 6.92 Å². The Balaban J connectivity index is 1.28. The van der Waals surface area contributed by atoms with Crippen LogP contribution in [0.4, 0.5) is 5.69 Å². The third kappa shape index (κ3) is 15.6. The number of hydrogen-bond donors (Lipinski definition) is 1. The van der Waals surface area contributed by atoms with E-state index in [1.807, 2.05) is 0 Å². The van der Waals surface area contributed by atoms with E-state index < -0.39 is 11.8 Å². The standard InChI is InChI=1S/C28H37NO10/c1-23(30)29-25-7-9-26(10-8-25)38-21-19-36-17-15-34-13-11-33-12-14-35-16-18-37-20-22-39-28(32)27(31)24-5-3-2-4-6-24/h2-10H,11-22H2,1H3,(H,29,30). The van der Waals surface area contributed by atoms with Gasteiger partial charge >= 0.3 is 5.97 Å². The van der Waals surface area contributed by atoms with E-state index in [0.29, 0.717) is 77.4 Å². The number of anilines is 1. The van der Waals surface area contributed by atoms with Crippen LogP contribution in [0.1, 0.15) is 17.3 Å². The van der Waals surface area contributed by atoms with Crippen molar-refractivity contribution in [2.45, 2.75) is 6.92 Å². The summed E-state index contributed by atoms with van der Waals surface area (Å²) in [4.78, 5) is 34.6. The molecule has 0 fully saturated rings. The molecule has 1 amide bonds. The molecule has 39 heavy (non-hydrogen) atoms. The lowest BCUT2D eigenvalue weighted by Crippen LogP contribution is -2.20. The van der Waals surface area contributed by atoms with Crippen molar-refractivity contribution in [3.05, 3.63) is 60.2 Å². The Hall–Kier alpha value is -3.35. The highest BCUT2D eigenvalue weighted by atomic mass is 16.6. The van der Waals surface area contributed by atoms with E-state index in [-0.39, 0.29) is 19.1 Å². The Morgan fingerprint density at radius 2 is 1.05 bits per heavy atom. The normalized spacial score (nSPS) is 10.7. The molecule has 0 aliphatic carbocycles. The van der Waals surface area contributed by atoms with Gasteiger partial charge in [-0.05, 0) is 24.3 Å². The Kier molecular flexibility index (Phi) is 16.8. The van der Waals surface area contributed by atoms with E-state index in [0.717, 1.165) is 5.69 Å². The van der Waals surface area contributed by atoms with Gasteiger partial charge in [-0.25, -0.2) is 4.79 Å². The molecule has 0 aromatic heterocycles. The summed E-state index contributed by atoms with van der Waals surface area (Å²) in [6, 6.07) is 15.4. The topological polar surface area (TPSA) is 128 Å². The fourth-order valence-corrected chi connectivity index (χ4v) is 3.00. The number of carbonyl (C=O) groups excluding carboxylic acids is 3. The Morgan fingerprint density at radius 1 is 0.590 bits per heavy atom. The van der Waals surface area contributed by atoms with Crippen LogP contribution in [0.2, 0.25) is 0 Å². The summed E-state index contributed by atoms with van der Waals surface area (Å²) < 4.78 is 37.5. The van der Waals surface area contributed by atoms with Crippen molar-refractivity contribution in [2.24, 2.45) is 0 Å². The molecule has 2 aromatic carbocycles. The highest BCUT2D eigenvalue weighted by Gasteiger charge is 2.17. The molecule has 1 N–H and O–H groups in total. The average Bonchev–Trinajstić information content (AvgIpc) is 2.94. The highest BCUT2D eigenvalue weighted by molar-refractivity contribution is 6.40. The lowest BCUT2D eigenvalue weighted by Gasteiger charge is -2.09. The smallest absolute Gasteiger partial charge is 0.379 e. The van der Waals surface area contributed by atoms with Crippen molar-refractivity contribution < 1.29 is 47.5 Å². The van der Waals surface area contributed by atoms with Crippen molar-refractivity contribution >= 4 is 23.3 Å². The maximum absolute atomic E-state index is 11.9. The summed E-state index contributed by atoms with van der Waals surface area (Å²) in [7, 11) is 0. The highest BCUT2D eigenvalue weighted by Crippen LogP contribution is 2.15. The van der Waals surface area contributed by atoms with E-state index in [1.54, 1.807) is 54.6 Å². The minimum absolute atomic E-state index is 0.00412. The van der Waals surface area contributed by atoms with E-state index in [2.05, 4.69) is 5.32 Å². The molecule has 0 radical (unpaired) electrons. The molecule has 11 heteroatoms. The second-order valence-corrected chi connectivity index (χ2v) is 7.95. The molecule has 0 bridgehead atoms. The van der Waals surface area contributed by atoms with Crippen molar-refractivity contribution in [2.75, 3.05) is 84.6 Å². The third-order valence-electron chi connectivity index (χ3n) is 4.84. The lowest BCUT2D eigenvalue weighted by molar-refractivity contribution is -0.139. The molecular formula is C28H37NO10. The summed E-state index contributed by atoms with van der Waals surface area (Å²) >= 11 is 0. The molecular weight excluding hydrogens is 510 g/mol. The van der Waals surface area contributed by atoms with Gasteiger partial charge in [0, 0.05) is 18.2 Å². The SMILES string of the molecule is CC(=O)Nc1ccc(OCCOCCOCCOCCOCCOCCOC(=O)C(=O)c2ccccc2)cc1.